The molecule has 26 heavy (non-hydrogen) atoms. The number of methoxy groups -OCH3 is 1. The largest absolute Gasteiger partial charge is 0.465 e. The molecule has 132 valence electrons. The molecular formula is C18H14Cl2N4O2. The van der Waals surface area contributed by atoms with E-state index in [0.29, 0.717) is 33.1 Å². The van der Waals surface area contributed by atoms with Crippen LogP contribution < -0.4 is 10.6 Å². The van der Waals surface area contributed by atoms with Gasteiger partial charge in [-0.1, -0.05) is 23.2 Å². The first-order valence-corrected chi connectivity index (χ1v) is 8.31. The lowest BCUT2D eigenvalue weighted by atomic mass is 10.2. The summed E-state index contributed by atoms with van der Waals surface area (Å²) in [6, 6.07) is 13.7. The van der Waals surface area contributed by atoms with E-state index in [1.54, 1.807) is 54.7 Å². The Bertz CT molecular complexity index is 933. The smallest absolute Gasteiger partial charge is 0.337 e. The van der Waals surface area contributed by atoms with Gasteiger partial charge in [0.15, 0.2) is 0 Å². The number of ether oxygens (including phenoxy) is 1. The molecule has 0 saturated heterocycles. The first-order valence-electron chi connectivity index (χ1n) is 7.55. The van der Waals surface area contributed by atoms with Crippen LogP contribution in [0.1, 0.15) is 10.4 Å². The van der Waals surface area contributed by atoms with Gasteiger partial charge in [-0.25, -0.2) is 9.78 Å². The van der Waals surface area contributed by atoms with Crippen molar-refractivity contribution in [2.75, 3.05) is 17.7 Å². The van der Waals surface area contributed by atoms with Crippen LogP contribution in [0.5, 0.6) is 0 Å². The average molecular weight is 389 g/mol. The zero-order valence-corrected chi connectivity index (χ0v) is 15.2. The van der Waals surface area contributed by atoms with E-state index >= 15 is 0 Å². The third kappa shape index (κ3) is 4.41. The number of nitrogens with zero attached hydrogens (tertiary/aromatic N) is 2. The molecule has 0 aliphatic carbocycles. The van der Waals surface area contributed by atoms with Crippen LogP contribution in [0.15, 0.2) is 54.7 Å². The number of carbonyl (C=O) groups excluding carboxylic acids is 1. The Morgan fingerprint density at radius 1 is 1.04 bits per heavy atom. The molecule has 0 bridgehead atoms. The summed E-state index contributed by atoms with van der Waals surface area (Å²) in [5.74, 6) is 0.578. The number of nitrogens with one attached hydrogen (secondary N) is 2. The lowest BCUT2D eigenvalue weighted by Gasteiger charge is -2.10. The summed E-state index contributed by atoms with van der Waals surface area (Å²) in [5, 5.41) is 7.20. The highest BCUT2D eigenvalue weighted by molar-refractivity contribution is 6.36. The van der Waals surface area contributed by atoms with Crippen LogP contribution in [-0.4, -0.2) is 23.0 Å². The zero-order valence-electron chi connectivity index (χ0n) is 13.7. The monoisotopic (exact) mass is 388 g/mol. The zero-order chi connectivity index (χ0) is 18.5. The second kappa shape index (κ2) is 8.03. The normalized spacial score (nSPS) is 10.3. The Morgan fingerprint density at radius 2 is 1.81 bits per heavy atom. The molecule has 8 heteroatoms. The molecule has 6 nitrogen and oxygen atoms in total. The number of rotatable bonds is 5. The number of aromatic nitrogens is 2. The molecule has 3 rings (SSSR count). The van der Waals surface area contributed by atoms with E-state index in [0.717, 1.165) is 5.69 Å². The average Bonchev–Trinajstić information content (AvgIpc) is 2.64. The number of benzene rings is 2. The van der Waals surface area contributed by atoms with E-state index in [1.807, 2.05) is 0 Å². The predicted octanol–water partition coefficient (Wildman–Crippen LogP) is 5.06. The van der Waals surface area contributed by atoms with Gasteiger partial charge >= 0.3 is 5.97 Å². The van der Waals surface area contributed by atoms with Gasteiger partial charge in [-0.05, 0) is 48.5 Å². The van der Waals surface area contributed by atoms with Crippen molar-refractivity contribution in [3.63, 3.8) is 0 Å². The highest BCUT2D eigenvalue weighted by Crippen LogP contribution is 2.27. The van der Waals surface area contributed by atoms with Crippen molar-refractivity contribution in [1.29, 1.82) is 0 Å². The van der Waals surface area contributed by atoms with Crippen molar-refractivity contribution in [2.24, 2.45) is 0 Å². The van der Waals surface area contributed by atoms with Crippen molar-refractivity contribution in [3.8, 4) is 0 Å². The maximum absolute atomic E-state index is 11.5. The summed E-state index contributed by atoms with van der Waals surface area (Å²) in [5.41, 5.74) is 1.89. The fourth-order valence-corrected chi connectivity index (χ4v) is 2.61. The first-order chi connectivity index (χ1) is 12.5. The van der Waals surface area contributed by atoms with E-state index in [9.17, 15) is 4.79 Å². The molecular weight excluding hydrogens is 375 g/mol. The fourth-order valence-electron chi connectivity index (χ4n) is 2.16. The molecule has 1 heterocycles. The standard InChI is InChI=1S/C18H14Cl2N4O2/c1-26-17(25)11-2-5-13(6-3-11)22-16-8-9-21-18(24-16)23-15-7-4-12(19)10-14(15)20/h2-10H,1H3,(H2,21,22,23,24). The van der Waals surface area contributed by atoms with Crippen LogP contribution in [0.4, 0.5) is 23.1 Å². The molecule has 0 amide bonds. The number of carbonyl (C=O) groups is 1. The van der Waals surface area contributed by atoms with Gasteiger partial charge in [-0.3, -0.25) is 0 Å². The minimum Gasteiger partial charge on any atom is -0.465 e. The summed E-state index contributed by atoms with van der Waals surface area (Å²) in [4.78, 5) is 20.0. The summed E-state index contributed by atoms with van der Waals surface area (Å²) in [6.45, 7) is 0. The van der Waals surface area contributed by atoms with Gasteiger partial charge < -0.3 is 15.4 Å². The Morgan fingerprint density at radius 3 is 2.50 bits per heavy atom. The maximum atomic E-state index is 11.5. The predicted molar refractivity (Wildman–Crippen MR) is 103 cm³/mol. The fraction of sp³-hybridized carbons (Fsp3) is 0.0556. The minimum atomic E-state index is -0.384. The highest BCUT2D eigenvalue weighted by atomic mass is 35.5. The number of hydrogen-bond acceptors (Lipinski definition) is 6. The summed E-state index contributed by atoms with van der Waals surface area (Å²) in [7, 11) is 1.34. The SMILES string of the molecule is COC(=O)c1ccc(Nc2ccnc(Nc3ccc(Cl)cc3Cl)n2)cc1. The van der Waals surface area contributed by atoms with Crippen LogP contribution in [0, 0.1) is 0 Å². The van der Waals surface area contributed by atoms with E-state index in [1.165, 1.54) is 7.11 Å². The Balaban J connectivity index is 1.74. The molecule has 1 aromatic heterocycles. The van der Waals surface area contributed by atoms with Crippen LogP contribution >= 0.6 is 23.2 Å². The molecule has 2 aromatic carbocycles. The van der Waals surface area contributed by atoms with Crippen LogP contribution in [0.2, 0.25) is 10.0 Å². The van der Waals surface area contributed by atoms with E-state index in [4.69, 9.17) is 23.2 Å². The van der Waals surface area contributed by atoms with Gasteiger partial charge in [0.1, 0.15) is 5.82 Å². The number of halogens is 2. The Kier molecular flexibility index (Phi) is 5.55. The minimum absolute atomic E-state index is 0.380. The molecule has 2 N–H and O–H groups in total. The van der Waals surface area contributed by atoms with Crippen molar-refractivity contribution in [2.45, 2.75) is 0 Å². The van der Waals surface area contributed by atoms with Gasteiger partial charge in [-0.15, -0.1) is 0 Å². The van der Waals surface area contributed by atoms with Crippen molar-refractivity contribution < 1.29 is 9.53 Å². The lowest BCUT2D eigenvalue weighted by Crippen LogP contribution is -2.02. The maximum Gasteiger partial charge on any atom is 0.337 e. The molecule has 0 unspecified atom stereocenters. The third-order valence-electron chi connectivity index (χ3n) is 3.41. The highest BCUT2D eigenvalue weighted by Gasteiger charge is 2.07. The van der Waals surface area contributed by atoms with E-state index < -0.39 is 0 Å². The molecule has 0 spiro atoms. The molecule has 0 aliphatic heterocycles. The molecule has 3 aromatic rings. The van der Waals surface area contributed by atoms with Crippen LogP contribution in [0.3, 0.4) is 0 Å². The third-order valence-corrected chi connectivity index (χ3v) is 3.96. The topological polar surface area (TPSA) is 76.1 Å². The summed E-state index contributed by atoms with van der Waals surface area (Å²) in [6.07, 6.45) is 1.62. The molecule has 0 radical (unpaired) electrons. The van der Waals surface area contributed by atoms with Crippen LogP contribution in [0.25, 0.3) is 0 Å². The second-order valence-corrected chi connectivity index (χ2v) is 6.05. The van der Waals surface area contributed by atoms with E-state index in [-0.39, 0.29) is 5.97 Å². The van der Waals surface area contributed by atoms with Crippen LogP contribution in [-0.2, 0) is 4.74 Å². The van der Waals surface area contributed by atoms with Gasteiger partial charge in [0.2, 0.25) is 5.95 Å². The van der Waals surface area contributed by atoms with Gasteiger partial charge in [0, 0.05) is 16.9 Å². The molecule has 0 saturated carbocycles. The van der Waals surface area contributed by atoms with Crippen molar-refractivity contribution in [3.05, 3.63) is 70.3 Å². The second-order valence-electron chi connectivity index (χ2n) is 5.21. The van der Waals surface area contributed by atoms with Crippen molar-refractivity contribution in [1.82, 2.24) is 9.97 Å². The summed E-state index contributed by atoms with van der Waals surface area (Å²) < 4.78 is 4.68. The Labute approximate surface area is 160 Å². The molecule has 0 aliphatic rings. The number of esters is 1. The van der Waals surface area contributed by atoms with E-state index in [2.05, 4.69) is 25.3 Å². The van der Waals surface area contributed by atoms with Gasteiger partial charge in [0.25, 0.3) is 0 Å². The first kappa shape index (κ1) is 18.0. The Hall–Kier alpha value is -2.83. The van der Waals surface area contributed by atoms with Gasteiger partial charge in [-0.2, -0.15) is 4.98 Å². The number of hydrogen-bond donors (Lipinski definition) is 2. The summed E-state index contributed by atoms with van der Waals surface area (Å²) >= 11 is 12.0. The van der Waals surface area contributed by atoms with Crippen molar-refractivity contribution >= 4 is 52.3 Å². The van der Waals surface area contributed by atoms with Gasteiger partial charge in [0.05, 0.1) is 23.4 Å². The lowest BCUT2D eigenvalue weighted by molar-refractivity contribution is 0.0601. The molecule has 0 fully saturated rings. The molecule has 0 atom stereocenters. The number of anilines is 4. The quantitative estimate of drug-likeness (QED) is 0.595.